The molecular weight excluding hydrogens is 300 g/mol. The van der Waals surface area contributed by atoms with Crippen molar-refractivity contribution in [3.8, 4) is 11.5 Å². The first kappa shape index (κ1) is 15.3. The molecule has 0 aliphatic carbocycles. The highest BCUT2D eigenvalue weighted by atomic mass is 79.9. The molecule has 1 aromatic rings. The number of methoxy groups -OCH3 is 2. The first-order valence-electron chi connectivity index (χ1n) is 5.81. The van der Waals surface area contributed by atoms with Crippen molar-refractivity contribution in [3.05, 3.63) is 22.2 Å². The summed E-state index contributed by atoms with van der Waals surface area (Å²) in [5.74, 6) is 1.24. The van der Waals surface area contributed by atoms with Gasteiger partial charge in [0.1, 0.15) is 22.1 Å². The molecule has 1 aromatic carbocycles. The van der Waals surface area contributed by atoms with Crippen LogP contribution < -0.4 is 9.47 Å². The number of ether oxygens (including phenoxy) is 3. The van der Waals surface area contributed by atoms with Gasteiger partial charge >= 0.3 is 0 Å². The minimum absolute atomic E-state index is 0.253. The van der Waals surface area contributed by atoms with Gasteiger partial charge in [-0.3, -0.25) is 0 Å². The topological polar surface area (TPSA) is 47.9 Å². The van der Waals surface area contributed by atoms with Crippen molar-refractivity contribution in [2.24, 2.45) is 0 Å². The van der Waals surface area contributed by atoms with Crippen molar-refractivity contribution < 1.29 is 19.3 Å². The Balaban J connectivity index is 2.90. The monoisotopic (exact) mass is 318 g/mol. The van der Waals surface area contributed by atoms with E-state index in [4.69, 9.17) is 14.2 Å². The molecule has 1 unspecified atom stereocenters. The Hall–Kier alpha value is -0.780. The lowest BCUT2D eigenvalue weighted by Gasteiger charge is -2.17. The maximum atomic E-state index is 10.1. The van der Waals surface area contributed by atoms with Crippen LogP contribution in [-0.2, 0) is 4.74 Å². The molecule has 18 heavy (non-hydrogen) atoms. The molecule has 1 atom stereocenters. The van der Waals surface area contributed by atoms with Crippen LogP contribution in [0, 0.1) is 0 Å². The fraction of sp³-hybridized carbons (Fsp3) is 0.538. The quantitative estimate of drug-likeness (QED) is 0.785. The van der Waals surface area contributed by atoms with Crippen molar-refractivity contribution in [3.63, 3.8) is 0 Å². The molecule has 0 saturated carbocycles. The normalized spacial score (nSPS) is 12.3. The fourth-order valence-corrected chi connectivity index (χ4v) is 2.29. The van der Waals surface area contributed by atoms with Crippen LogP contribution in [0.3, 0.4) is 0 Å². The Morgan fingerprint density at radius 2 is 2.00 bits per heavy atom. The lowest BCUT2D eigenvalue weighted by molar-refractivity contribution is 0.0351. The van der Waals surface area contributed by atoms with Crippen molar-refractivity contribution >= 4 is 15.9 Å². The molecule has 0 spiro atoms. The van der Waals surface area contributed by atoms with E-state index in [0.717, 1.165) is 6.42 Å². The summed E-state index contributed by atoms with van der Waals surface area (Å²) >= 11 is 3.40. The molecule has 0 aromatic heterocycles. The smallest absolute Gasteiger partial charge is 0.142 e. The Labute approximate surface area is 116 Å². The summed E-state index contributed by atoms with van der Waals surface area (Å²) in [6.07, 6.45) is 0.213. The molecule has 0 amide bonds. The molecule has 0 radical (unpaired) electrons. The third-order valence-corrected chi connectivity index (χ3v) is 3.25. The van der Waals surface area contributed by atoms with Gasteiger partial charge in [-0.15, -0.1) is 0 Å². The van der Waals surface area contributed by atoms with Gasteiger partial charge in [-0.2, -0.15) is 0 Å². The van der Waals surface area contributed by atoms with Crippen molar-refractivity contribution in [2.45, 2.75) is 19.4 Å². The molecule has 0 heterocycles. The Bertz CT molecular complexity index is 381. The molecule has 5 heteroatoms. The van der Waals surface area contributed by atoms with Gasteiger partial charge < -0.3 is 19.3 Å². The molecule has 0 saturated heterocycles. The molecule has 102 valence electrons. The van der Waals surface area contributed by atoms with Gasteiger partial charge in [0.05, 0.1) is 20.8 Å². The zero-order valence-corrected chi connectivity index (χ0v) is 12.5. The van der Waals surface area contributed by atoms with Crippen LogP contribution in [-0.4, -0.2) is 32.5 Å². The van der Waals surface area contributed by atoms with Crippen molar-refractivity contribution in [1.82, 2.24) is 0 Å². The van der Waals surface area contributed by atoms with Gasteiger partial charge in [0.15, 0.2) is 0 Å². The lowest BCUT2D eigenvalue weighted by atomic mass is 10.1. The third kappa shape index (κ3) is 3.60. The second-order valence-electron chi connectivity index (χ2n) is 3.79. The Morgan fingerprint density at radius 3 is 2.56 bits per heavy atom. The predicted molar refractivity (Wildman–Crippen MR) is 73.3 cm³/mol. The molecule has 4 nitrogen and oxygen atoms in total. The van der Waals surface area contributed by atoms with E-state index in [2.05, 4.69) is 15.9 Å². The number of halogens is 1. The molecule has 1 rings (SSSR count). The second-order valence-corrected chi connectivity index (χ2v) is 4.59. The molecule has 0 aliphatic heterocycles. The van der Waals surface area contributed by atoms with Gasteiger partial charge in [-0.1, -0.05) is 6.92 Å². The van der Waals surface area contributed by atoms with E-state index < -0.39 is 6.10 Å². The first-order valence-corrected chi connectivity index (χ1v) is 6.61. The van der Waals surface area contributed by atoms with Gasteiger partial charge in [0.2, 0.25) is 0 Å². The zero-order chi connectivity index (χ0) is 13.5. The van der Waals surface area contributed by atoms with Crippen LogP contribution >= 0.6 is 15.9 Å². The molecule has 0 fully saturated rings. The van der Waals surface area contributed by atoms with Gasteiger partial charge in [-0.05, 0) is 34.5 Å². The summed E-state index contributed by atoms with van der Waals surface area (Å²) < 4.78 is 16.5. The molecule has 0 aliphatic rings. The first-order chi connectivity index (χ1) is 8.65. The standard InChI is InChI=1S/C13H19BrO4/c1-4-7-18-8-10(15)9-5-6-11(16-2)12(14)13(9)17-3/h5-6,10,15H,4,7-8H2,1-3H3. The summed E-state index contributed by atoms with van der Waals surface area (Å²) in [5, 5.41) is 10.1. The highest BCUT2D eigenvalue weighted by molar-refractivity contribution is 9.10. The van der Waals surface area contributed by atoms with E-state index >= 15 is 0 Å². The minimum atomic E-state index is -0.714. The lowest BCUT2D eigenvalue weighted by Crippen LogP contribution is -2.09. The predicted octanol–water partition coefficient (Wildman–Crippen LogP) is 2.93. The third-order valence-electron chi connectivity index (χ3n) is 2.50. The van der Waals surface area contributed by atoms with Gasteiger partial charge in [0, 0.05) is 12.2 Å². The Kier molecular flexibility index (Phi) is 6.46. The van der Waals surface area contributed by atoms with Crippen LogP contribution in [0.25, 0.3) is 0 Å². The molecule has 0 bridgehead atoms. The van der Waals surface area contributed by atoms with Crippen LogP contribution in [0.4, 0.5) is 0 Å². The number of hydrogen-bond donors (Lipinski definition) is 1. The summed E-state index contributed by atoms with van der Waals surface area (Å²) in [6, 6.07) is 3.56. The van der Waals surface area contributed by atoms with E-state index in [9.17, 15) is 5.11 Å². The van der Waals surface area contributed by atoms with E-state index in [1.54, 1.807) is 26.4 Å². The number of aliphatic hydroxyl groups is 1. The summed E-state index contributed by atoms with van der Waals surface area (Å²) in [6.45, 7) is 2.91. The van der Waals surface area contributed by atoms with Gasteiger partial charge in [0.25, 0.3) is 0 Å². The van der Waals surface area contributed by atoms with Gasteiger partial charge in [-0.25, -0.2) is 0 Å². The van der Waals surface area contributed by atoms with E-state index in [-0.39, 0.29) is 6.61 Å². The molecular formula is C13H19BrO4. The van der Waals surface area contributed by atoms with E-state index in [1.807, 2.05) is 6.92 Å². The number of benzene rings is 1. The average Bonchev–Trinajstić information content (AvgIpc) is 2.38. The molecule has 1 N–H and O–H groups in total. The summed E-state index contributed by atoms with van der Waals surface area (Å²) in [7, 11) is 3.14. The van der Waals surface area contributed by atoms with Crippen molar-refractivity contribution in [1.29, 1.82) is 0 Å². The van der Waals surface area contributed by atoms with E-state index in [1.165, 1.54) is 0 Å². The number of rotatable bonds is 7. The Morgan fingerprint density at radius 1 is 1.28 bits per heavy atom. The second kappa shape index (κ2) is 7.61. The fourth-order valence-electron chi connectivity index (χ4n) is 1.61. The number of aliphatic hydroxyl groups excluding tert-OH is 1. The zero-order valence-electron chi connectivity index (χ0n) is 10.9. The minimum Gasteiger partial charge on any atom is -0.495 e. The SMILES string of the molecule is CCCOCC(O)c1ccc(OC)c(Br)c1OC. The number of hydrogen-bond acceptors (Lipinski definition) is 4. The maximum Gasteiger partial charge on any atom is 0.142 e. The highest BCUT2D eigenvalue weighted by Crippen LogP contribution is 2.39. The van der Waals surface area contributed by atoms with Crippen LogP contribution in [0.5, 0.6) is 11.5 Å². The summed E-state index contributed by atoms with van der Waals surface area (Å²) in [4.78, 5) is 0. The summed E-state index contributed by atoms with van der Waals surface area (Å²) in [5.41, 5.74) is 0.682. The highest BCUT2D eigenvalue weighted by Gasteiger charge is 2.18. The van der Waals surface area contributed by atoms with E-state index in [0.29, 0.717) is 28.1 Å². The van der Waals surface area contributed by atoms with Crippen molar-refractivity contribution in [2.75, 3.05) is 27.4 Å². The van der Waals surface area contributed by atoms with Crippen LogP contribution in [0.15, 0.2) is 16.6 Å². The van der Waals surface area contributed by atoms with Crippen LogP contribution in [0.2, 0.25) is 0 Å². The average molecular weight is 319 g/mol. The van der Waals surface area contributed by atoms with Crippen LogP contribution in [0.1, 0.15) is 25.0 Å². The largest absolute Gasteiger partial charge is 0.495 e. The maximum absolute atomic E-state index is 10.1.